The van der Waals surface area contributed by atoms with Gasteiger partial charge in [-0.15, -0.1) is 0 Å². The second kappa shape index (κ2) is 4.98. The Morgan fingerprint density at radius 2 is 2.17 bits per heavy atom. The molecule has 18 heavy (non-hydrogen) atoms. The molecule has 1 aromatic rings. The highest BCUT2D eigenvalue weighted by Gasteiger charge is 2.28. The van der Waals surface area contributed by atoms with Crippen molar-refractivity contribution in [3.8, 4) is 5.75 Å². The topological polar surface area (TPSA) is 41.5 Å². The Kier molecular flexibility index (Phi) is 3.74. The Bertz CT molecular complexity index is 431. The van der Waals surface area contributed by atoms with E-state index in [0.717, 1.165) is 24.1 Å². The van der Waals surface area contributed by atoms with Crippen LogP contribution in [0.15, 0.2) is 18.2 Å². The van der Waals surface area contributed by atoms with Gasteiger partial charge < -0.3 is 15.2 Å². The van der Waals surface area contributed by atoms with Crippen LogP contribution in [0.2, 0.25) is 0 Å². The van der Waals surface area contributed by atoms with Crippen LogP contribution < -0.4 is 10.1 Å². The molecule has 3 nitrogen and oxygen atoms in total. The van der Waals surface area contributed by atoms with Crippen molar-refractivity contribution in [2.45, 2.75) is 37.8 Å². The van der Waals surface area contributed by atoms with Gasteiger partial charge in [0.15, 0.2) is 0 Å². The van der Waals surface area contributed by atoms with E-state index < -0.39 is 5.40 Å². The SMILES string of the molecule is [B]C([B])(C)Oc1cccc(C2NCCC2O)c1C. The molecule has 2 atom stereocenters. The Morgan fingerprint density at radius 3 is 2.72 bits per heavy atom. The van der Waals surface area contributed by atoms with Crippen LogP contribution in [0.1, 0.15) is 30.5 Å². The number of ether oxygens (including phenoxy) is 1. The van der Waals surface area contributed by atoms with E-state index in [4.69, 9.17) is 20.4 Å². The lowest BCUT2D eigenvalue weighted by Gasteiger charge is -2.26. The normalized spacial score (nSPS) is 24.2. The van der Waals surface area contributed by atoms with Crippen LogP contribution in [0.3, 0.4) is 0 Å². The second-order valence-electron chi connectivity index (χ2n) is 5.04. The zero-order valence-electron chi connectivity index (χ0n) is 10.8. The van der Waals surface area contributed by atoms with E-state index in [1.165, 1.54) is 0 Å². The number of hydrogen-bond acceptors (Lipinski definition) is 3. The molecular weight excluding hydrogens is 224 g/mol. The quantitative estimate of drug-likeness (QED) is 0.768. The number of aliphatic hydroxyl groups is 1. The van der Waals surface area contributed by atoms with E-state index in [0.29, 0.717) is 5.75 Å². The average molecular weight is 241 g/mol. The molecule has 1 fully saturated rings. The van der Waals surface area contributed by atoms with Gasteiger partial charge in [0.25, 0.3) is 0 Å². The highest BCUT2D eigenvalue weighted by molar-refractivity contribution is 6.38. The summed E-state index contributed by atoms with van der Waals surface area (Å²) < 4.78 is 5.51. The fourth-order valence-corrected chi connectivity index (χ4v) is 2.32. The number of nitrogens with one attached hydrogen (secondary N) is 1. The third kappa shape index (κ3) is 2.90. The van der Waals surface area contributed by atoms with E-state index >= 15 is 0 Å². The molecule has 0 spiro atoms. The summed E-state index contributed by atoms with van der Waals surface area (Å²) in [5, 5.41) is 12.0. The van der Waals surface area contributed by atoms with Crippen LogP contribution in [0.4, 0.5) is 0 Å². The number of rotatable bonds is 3. The third-order valence-corrected chi connectivity index (χ3v) is 3.18. The van der Waals surface area contributed by atoms with Gasteiger partial charge >= 0.3 is 0 Å². The Balaban J connectivity index is 2.30. The van der Waals surface area contributed by atoms with E-state index in [2.05, 4.69) is 5.32 Å². The molecular formula is C13H17B2NO2. The second-order valence-corrected chi connectivity index (χ2v) is 5.04. The van der Waals surface area contributed by atoms with Crippen molar-refractivity contribution < 1.29 is 9.84 Å². The molecule has 1 saturated heterocycles. The lowest BCUT2D eigenvalue weighted by molar-refractivity contribution is 0.159. The molecule has 1 aliphatic rings. The van der Waals surface area contributed by atoms with Crippen molar-refractivity contribution in [1.29, 1.82) is 0 Å². The molecule has 1 aromatic carbocycles. The molecule has 0 aromatic heterocycles. The van der Waals surface area contributed by atoms with Crippen LogP contribution in [-0.4, -0.2) is 38.8 Å². The summed E-state index contributed by atoms with van der Waals surface area (Å²) in [6, 6.07) is 5.66. The minimum Gasteiger partial charge on any atom is -0.507 e. The molecule has 0 amide bonds. The number of benzene rings is 1. The first-order valence-electron chi connectivity index (χ1n) is 6.16. The van der Waals surface area contributed by atoms with E-state index in [9.17, 15) is 5.11 Å². The highest BCUT2D eigenvalue weighted by atomic mass is 16.5. The van der Waals surface area contributed by atoms with Crippen molar-refractivity contribution in [3.63, 3.8) is 0 Å². The molecule has 2 rings (SSSR count). The maximum atomic E-state index is 9.94. The van der Waals surface area contributed by atoms with E-state index in [1.807, 2.05) is 25.1 Å². The summed E-state index contributed by atoms with van der Waals surface area (Å²) in [7, 11) is 11.3. The van der Waals surface area contributed by atoms with Crippen molar-refractivity contribution in [2.24, 2.45) is 0 Å². The minimum atomic E-state index is -1.20. The lowest BCUT2D eigenvalue weighted by Crippen LogP contribution is -2.33. The maximum Gasteiger partial charge on any atom is 0.120 e. The van der Waals surface area contributed by atoms with Gasteiger partial charge in [-0.05, 0) is 44.0 Å². The molecule has 0 bridgehead atoms. The summed E-state index contributed by atoms with van der Waals surface area (Å²) >= 11 is 0. The molecule has 0 saturated carbocycles. The Morgan fingerprint density at radius 1 is 1.44 bits per heavy atom. The summed E-state index contributed by atoms with van der Waals surface area (Å²) in [5.74, 6) is 0.654. The van der Waals surface area contributed by atoms with E-state index in [1.54, 1.807) is 6.92 Å². The molecule has 1 aliphatic heterocycles. The molecule has 0 aliphatic carbocycles. The molecule has 1 heterocycles. The Hall–Kier alpha value is -0.930. The highest BCUT2D eigenvalue weighted by Crippen LogP contribution is 2.31. The fourth-order valence-electron chi connectivity index (χ4n) is 2.32. The summed E-state index contributed by atoms with van der Waals surface area (Å²) in [5.41, 5.74) is 1.99. The van der Waals surface area contributed by atoms with E-state index in [-0.39, 0.29) is 12.1 Å². The van der Waals surface area contributed by atoms with Gasteiger partial charge in [-0.2, -0.15) is 0 Å². The average Bonchev–Trinajstić information content (AvgIpc) is 2.66. The molecule has 92 valence electrons. The van der Waals surface area contributed by atoms with Gasteiger partial charge in [0.2, 0.25) is 0 Å². The zero-order chi connectivity index (χ0) is 13.3. The summed E-state index contributed by atoms with van der Waals surface area (Å²) in [6.07, 6.45) is 0.404. The van der Waals surface area contributed by atoms with Crippen molar-refractivity contribution >= 4 is 15.7 Å². The number of hydrogen-bond donors (Lipinski definition) is 2. The fraction of sp³-hybridized carbons (Fsp3) is 0.538. The zero-order valence-corrected chi connectivity index (χ0v) is 10.8. The largest absolute Gasteiger partial charge is 0.507 e. The summed E-state index contributed by atoms with van der Waals surface area (Å²) in [4.78, 5) is 0. The van der Waals surface area contributed by atoms with Gasteiger partial charge in [-0.25, -0.2) is 0 Å². The van der Waals surface area contributed by atoms with Crippen molar-refractivity contribution in [2.75, 3.05) is 6.54 Å². The number of aliphatic hydroxyl groups excluding tert-OH is 1. The third-order valence-electron chi connectivity index (χ3n) is 3.18. The smallest absolute Gasteiger partial charge is 0.120 e. The molecule has 4 radical (unpaired) electrons. The Labute approximate surface area is 111 Å². The van der Waals surface area contributed by atoms with Gasteiger partial charge in [0.05, 0.1) is 12.1 Å². The van der Waals surface area contributed by atoms with Crippen LogP contribution in [0.5, 0.6) is 5.75 Å². The standard InChI is InChI=1S/C13H17B2NO2/c1-8-9(12-10(17)6-7-16-12)4-3-5-11(8)18-13(2,14)15/h3-5,10,12,16-17H,6-7H2,1-2H3. The predicted molar refractivity (Wildman–Crippen MR) is 73.1 cm³/mol. The molecule has 2 unspecified atom stereocenters. The van der Waals surface area contributed by atoms with Gasteiger partial charge in [-0.3, -0.25) is 0 Å². The molecule has 2 N–H and O–H groups in total. The van der Waals surface area contributed by atoms with Gasteiger partial charge in [0, 0.05) is 5.40 Å². The van der Waals surface area contributed by atoms with Crippen molar-refractivity contribution in [3.05, 3.63) is 29.3 Å². The first-order chi connectivity index (χ1) is 8.38. The molecule has 5 heteroatoms. The van der Waals surface area contributed by atoms with Gasteiger partial charge in [0.1, 0.15) is 21.4 Å². The van der Waals surface area contributed by atoms with Gasteiger partial charge in [-0.1, -0.05) is 12.1 Å². The van der Waals surface area contributed by atoms with Crippen LogP contribution in [0.25, 0.3) is 0 Å². The summed E-state index contributed by atoms with van der Waals surface area (Å²) in [6.45, 7) is 4.37. The minimum absolute atomic E-state index is 0.0460. The first-order valence-corrected chi connectivity index (χ1v) is 6.16. The van der Waals surface area contributed by atoms with Crippen LogP contribution in [-0.2, 0) is 0 Å². The van der Waals surface area contributed by atoms with Crippen LogP contribution in [0, 0.1) is 6.92 Å². The van der Waals surface area contributed by atoms with Crippen molar-refractivity contribution in [1.82, 2.24) is 5.32 Å². The first kappa shape index (κ1) is 13.5. The maximum absolute atomic E-state index is 9.94. The lowest BCUT2D eigenvalue weighted by atomic mass is 9.67. The monoisotopic (exact) mass is 241 g/mol. The predicted octanol–water partition coefficient (Wildman–Crippen LogP) is 0.780. The van der Waals surface area contributed by atoms with Crippen LogP contribution >= 0.6 is 0 Å².